The van der Waals surface area contributed by atoms with E-state index in [1.54, 1.807) is 6.33 Å². The summed E-state index contributed by atoms with van der Waals surface area (Å²) in [5.41, 5.74) is 11.9. The third-order valence-corrected chi connectivity index (χ3v) is 4.18. The van der Waals surface area contributed by atoms with Gasteiger partial charge in [0.05, 0.1) is 25.6 Å². The van der Waals surface area contributed by atoms with Gasteiger partial charge < -0.3 is 40.5 Å². The molecule has 2 aromatic heterocycles. The first-order valence-corrected chi connectivity index (χ1v) is 9.77. The van der Waals surface area contributed by atoms with Crippen molar-refractivity contribution >= 4 is 35.3 Å². The van der Waals surface area contributed by atoms with Crippen LogP contribution in [-0.2, 0) is 20.8 Å². The molecule has 0 saturated carbocycles. The molecule has 0 fully saturated rings. The number of imidazole rings is 1. The standard InChI is InChI=1S/C18H29N9O4/c1-26(2)15-14-16(23-11-22-15)27(12-24-14)6-7-30-8-9-31-18(29)25-13(10-28)4-3-5-21-17(19)20/h10-13H,3-9H2,1-2H3,(H,25,29)(H4,19,20,21). The van der Waals surface area contributed by atoms with Crippen LogP contribution in [0.4, 0.5) is 10.6 Å². The molecule has 13 nitrogen and oxygen atoms in total. The van der Waals surface area contributed by atoms with Crippen LogP contribution in [0.1, 0.15) is 12.8 Å². The molecule has 0 saturated heterocycles. The predicted octanol–water partition coefficient (Wildman–Crippen LogP) is -0.744. The van der Waals surface area contributed by atoms with Crippen LogP contribution in [0.15, 0.2) is 17.6 Å². The Kier molecular flexibility index (Phi) is 9.42. The number of hydrogen-bond donors (Lipinski definition) is 3. The van der Waals surface area contributed by atoms with Crippen LogP contribution in [0, 0.1) is 0 Å². The number of nitrogens with zero attached hydrogens (tertiary/aromatic N) is 6. The van der Waals surface area contributed by atoms with Crippen LogP contribution >= 0.6 is 0 Å². The maximum atomic E-state index is 11.8. The number of hydrogen-bond acceptors (Lipinski definition) is 9. The molecule has 13 heteroatoms. The number of alkyl carbamates (subject to hydrolysis) is 1. The van der Waals surface area contributed by atoms with Crippen LogP contribution in [0.2, 0.25) is 0 Å². The highest BCUT2D eigenvalue weighted by atomic mass is 16.6. The van der Waals surface area contributed by atoms with Gasteiger partial charge in [-0.3, -0.25) is 4.99 Å². The third kappa shape index (κ3) is 7.70. The highest BCUT2D eigenvalue weighted by Crippen LogP contribution is 2.19. The maximum Gasteiger partial charge on any atom is 0.407 e. The zero-order valence-electron chi connectivity index (χ0n) is 17.7. The highest BCUT2D eigenvalue weighted by Gasteiger charge is 2.13. The topological polar surface area (TPSA) is 176 Å². The number of nitrogens with one attached hydrogen (secondary N) is 1. The third-order valence-electron chi connectivity index (χ3n) is 4.18. The fourth-order valence-electron chi connectivity index (χ4n) is 2.70. The number of aliphatic imine (C=N–C) groups is 1. The normalized spacial score (nSPS) is 11.7. The number of aromatic nitrogens is 4. The van der Waals surface area contributed by atoms with Gasteiger partial charge in [-0.15, -0.1) is 0 Å². The van der Waals surface area contributed by atoms with E-state index in [0.717, 1.165) is 17.0 Å². The molecule has 2 heterocycles. The van der Waals surface area contributed by atoms with Gasteiger partial charge in [0.2, 0.25) is 0 Å². The lowest BCUT2D eigenvalue weighted by molar-refractivity contribution is -0.109. The molecule has 2 rings (SSSR count). The fourth-order valence-corrected chi connectivity index (χ4v) is 2.70. The Balaban J connectivity index is 1.64. The van der Waals surface area contributed by atoms with E-state index >= 15 is 0 Å². The number of fused-ring (bicyclic) bond motifs is 1. The molecule has 0 aliphatic rings. The molecule has 0 bridgehead atoms. The number of ether oxygens (including phenoxy) is 2. The van der Waals surface area contributed by atoms with Gasteiger partial charge in [0.15, 0.2) is 22.9 Å². The summed E-state index contributed by atoms with van der Waals surface area (Å²) in [7, 11) is 3.79. The van der Waals surface area contributed by atoms with Crippen molar-refractivity contribution in [2.75, 3.05) is 45.4 Å². The van der Waals surface area contributed by atoms with E-state index in [-0.39, 0.29) is 19.2 Å². The van der Waals surface area contributed by atoms with Gasteiger partial charge in [-0.05, 0) is 12.8 Å². The first-order chi connectivity index (χ1) is 14.9. The minimum Gasteiger partial charge on any atom is -0.447 e. The van der Waals surface area contributed by atoms with Crippen LogP contribution in [0.25, 0.3) is 11.2 Å². The second kappa shape index (κ2) is 12.3. The Hall–Kier alpha value is -3.48. The fraction of sp³-hybridized carbons (Fsp3) is 0.556. The molecule has 0 aliphatic carbocycles. The average Bonchev–Trinajstić information content (AvgIpc) is 3.15. The molecular weight excluding hydrogens is 406 g/mol. The maximum absolute atomic E-state index is 11.8. The Labute approximate surface area is 179 Å². The second-order valence-electron chi connectivity index (χ2n) is 6.79. The second-order valence-corrected chi connectivity index (χ2v) is 6.79. The summed E-state index contributed by atoms with van der Waals surface area (Å²) in [6.45, 7) is 1.58. The molecule has 1 unspecified atom stereocenters. The number of carbonyl (C=O) groups is 2. The number of amides is 1. The number of carbonyl (C=O) groups excluding carboxylic acids is 2. The van der Waals surface area contributed by atoms with E-state index in [1.165, 1.54) is 6.33 Å². The molecule has 0 aliphatic heterocycles. The van der Waals surface area contributed by atoms with Crippen LogP contribution in [0.5, 0.6) is 0 Å². The predicted molar refractivity (Wildman–Crippen MR) is 115 cm³/mol. The van der Waals surface area contributed by atoms with Crippen molar-refractivity contribution in [2.24, 2.45) is 16.5 Å². The minimum absolute atomic E-state index is 0.0113. The largest absolute Gasteiger partial charge is 0.447 e. The lowest BCUT2D eigenvalue weighted by atomic mass is 10.2. The summed E-state index contributed by atoms with van der Waals surface area (Å²) in [4.78, 5) is 41.4. The van der Waals surface area contributed by atoms with Gasteiger partial charge in [0, 0.05) is 27.2 Å². The molecule has 2 aromatic rings. The van der Waals surface area contributed by atoms with Crippen molar-refractivity contribution in [3.63, 3.8) is 0 Å². The number of rotatable bonds is 13. The summed E-state index contributed by atoms with van der Waals surface area (Å²) >= 11 is 0. The number of aldehydes is 1. The van der Waals surface area contributed by atoms with E-state index in [9.17, 15) is 9.59 Å². The molecule has 1 amide bonds. The SMILES string of the molecule is CN(C)c1ncnc2c1ncn2CCOCCOC(=O)NC(C=O)CCCN=C(N)N. The molecule has 5 N–H and O–H groups in total. The number of nitrogens with two attached hydrogens (primary N) is 2. The van der Waals surface area contributed by atoms with Gasteiger partial charge >= 0.3 is 6.09 Å². The monoisotopic (exact) mass is 435 g/mol. The Bertz CT molecular complexity index is 880. The van der Waals surface area contributed by atoms with E-state index < -0.39 is 12.1 Å². The van der Waals surface area contributed by atoms with Gasteiger partial charge in [-0.25, -0.2) is 19.7 Å². The van der Waals surface area contributed by atoms with Gasteiger partial charge in [0.1, 0.15) is 19.2 Å². The molecule has 1 atom stereocenters. The van der Waals surface area contributed by atoms with Crippen LogP contribution in [0.3, 0.4) is 0 Å². The van der Waals surface area contributed by atoms with E-state index in [4.69, 9.17) is 20.9 Å². The summed E-state index contributed by atoms with van der Waals surface area (Å²) < 4.78 is 12.4. The molecule has 170 valence electrons. The van der Waals surface area contributed by atoms with Crippen molar-refractivity contribution in [3.05, 3.63) is 12.7 Å². The van der Waals surface area contributed by atoms with Gasteiger partial charge in [0.25, 0.3) is 0 Å². The lowest BCUT2D eigenvalue weighted by Gasteiger charge is -2.13. The first kappa shape index (κ1) is 23.8. The summed E-state index contributed by atoms with van der Waals surface area (Å²) in [5, 5.41) is 2.48. The van der Waals surface area contributed by atoms with Crippen molar-refractivity contribution in [2.45, 2.75) is 25.4 Å². The van der Waals surface area contributed by atoms with Crippen molar-refractivity contribution in [1.29, 1.82) is 0 Å². The minimum atomic E-state index is -0.684. The summed E-state index contributed by atoms with van der Waals surface area (Å²) in [6.07, 6.45) is 4.10. The highest BCUT2D eigenvalue weighted by molar-refractivity contribution is 5.83. The molecule has 0 aromatic carbocycles. The first-order valence-electron chi connectivity index (χ1n) is 9.77. The zero-order valence-corrected chi connectivity index (χ0v) is 17.7. The Morgan fingerprint density at radius 2 is 2.10 bits per heavy atom. The van der Waals surface area contributed by atoms with Gasteiger partial charge in [-0.2, -0.15) is 0 Å². The Morgan fingerprint density at radius 1 is 1.29 bits per heavy atom. The Morgan fingerprint density at radius 3 is 2.81 bits per heavy atom. The van der Waals surface area contributed by atoms with Crippen molar-refractivity contribution in [3.8, 4) is 0 Å². The quantitative estimate of drug-likeness (QED) is 0.157. The summed E-state index contributed by atoms with van der Waals surface area (Å²) in [5.74, 6) is 0.733. The number of anilines is 1. The zero-order chi connectivity index (χ0) is 22.6. The van der Waals surface area contributed by atoms with E-state index in [0.29, 0.717) is 38.8 Å². The van der Waals surface area contributed by atoms with Gasteiger partial charge in [-0.1, -0.05) is 0 Å². The van der Waals surface area contributed by atoms with Crippen molar-refractivity contribution in [1.82, 2.24) is 24.8 Å². The molecule has 0 spiro atoms. The smallest absolute Gasteiger partial charge is 0.407 e. The van der Waals surface area contributed by atoms with E-state index in [1.807, 2.05) is 23.6 Å². The number of guanidine groups is 1. The molecular formula is C18H29N9O4. The molecule has 31 heavy (non-hydrogen) atoms. The molecule has 0 radical (unpaired) electrons. The van der Waals surface area contributed by atoms with Crippen LogP contribution in [-0.4, -0.2) is 84.4 Å². The van der Waals surface area contributed by atoms with Crippen LogP contribution < -0.4 is 21.7 Å². The van der Waals surface area contributed by atoms with Crippen molar-refractivity contribution < 1.29 is 19.1 Å². The summed E-state index contributed by atoms with van der Waals surface area (Å²) in [6, 6.07) is -0.661. The van der Waals surface area contributed by atoms with E-state index in [2.05, 4.69) is 25.3 Å². The lowest BCUT2D eigenvalue weighted by Crippen LogP contribution is -2.37. The average molecular weight is 435 g/mol.